The van der Waals surface area contributed by atoms with E-state index in [9.17, 15) is 5.11 Å². The fourth-order valence-corrected chi connectivity index (χ4v) is 4.92. The minimum absolute atomic E-state index is 0.135. The Bertz CT molecular complexity index is 705. The fraction of sp³-hybridized carbons (Fsp3) is 0.733. The topological polar surface area (TPSA) is 29.5 Å². The molecule has 182 valence electrons. The van der Waals surface area contributed by atoms with Crippen LogP contribution in [0.3, 0.4) is 0 Å². The molecule has 2 rings (SSSR count). The van der Waals surface area contributed by atoms with Crippen LogP contribution in [0.15, 0.2) is 29.8 Å². The number of fused-ring (bicyclic) bond motifs is 1. The number of hydrogen-bond acceptors (Lipinski definition) is 2. The third kappa shape index (κ3) is 10.0. The maximum Gasteiger partial charge on any atom is 0.123 e. The first-order valence-corrected chi connectivity index (χ1v) is 13.3. The van der Waals surface area contributed by atoms with E-state index in [1.165, 1.54) is 63.4 Å². The minimum atomic E-state index is -0.135. The van der Waals surface area contributed by atoms with E-state index in [1.807, 2.05) is 12.1 Å². The predicted octanol–water partition coefficient (Wildman–Crippen LogP) is 9.25. The highest BCUT2D eigenvalue weighted by molar-refractivity contribution is 5.41. The summed E-state index contributed by atoms with van der Waals surface area (Å²) in [6.45, 7) is 14.0. The van der Waals surface area contributed by atoms with Gasteiger partial charge in [0.05, 0.1) is 0 Å². The van der Waals surface area contributed by atoms with E-state index in [4.69, 9.17) is 4.74 Å². The molecule has 0 saturated carbocycles. The van der Waals surface area contributed by atoms with Crippen molar-refractivity contribution in [3.8, 4) is 11.5 Å². The molecule has 1 aromatic rings. The van der Waals surface area contributed by atoms with E-state index in [2.05, 4.69) is 47.6 Å². The van der Waals surface area contributed by atoms with Crippen LogP contribution in [0.2, 0.25) is 0 Å². The highest BCUT2D eigenvalue weighted by Gasteiger charge is 2.30. The van der Waals surface area contributed by atoms with Crippen LogP contribution in [0.5, 0.6) is 11.5 Å². The van der Waals surface area contributed by atoms with Crippen molar-refractivity contribution in [3.63, 3.8) is 0 Å². The second-order valence-electron chi connectivity index (χ2n) is 11.5. The van der Waals surface area contributed by atoms with Crippen molar-refractivity contribution in [2.75, 3.05) is 0 Å². The molecule has 1 aliphatic heterocycles. The first-order chi connectivity index (χ1) is 15.2. The maximum atomic E-state index is 9.67. The van der Waals surface area contributed by atoms with Gasteiger partial charge in [-0.3, -0.25) is 0 Å². The molecule has 0 amide bonds. The molecular formula is C30H50O2. The highest BCUT2D eigenvalue weighted by Crippen LogP contribution is 2.37. The average Bonchev–Trinajstić information content (AvgIpc) is 2.72. The van der Waals surface area contributed by atoms with Crippen molar-refractivity contribution in [3.05, 3.63) is 35.4 Å². The SMILES string of the molecule is CC(=CCC1(C)CCc2cc(O)ccc2O1)CCCC(C)CCCC(C)CCCC(C)C. The van der Waals surface area contributed by atoms with E-state index in [0.717, 1.165) is 48.3 Å². The van der Waals surface area contributed by atoms with Gasteiger partial charge in [-0.1, -0.05) is 84.3 Å². The average molecular weight is 443 g/mol. The summed E-state index contributed by atoms with van der Waals surface area (Å²) in [5.41, 5.74) is 2.49. The summed E-state index contributed by atoms with van der Waals surface area (Å²) in [6.07, 6.45) is 17.6. The summed E-state index contributed by atoms with van der Waals surface area (Å²) in [6, 6.07) is 5.47. The van der Waals surface area contributed by atoms with E-state index < -0.39 is 0 Å². The molecule has 32 heavy (non-hydrogen) atoms. The summed E-state index contributed by atoms with van der Waals surface area (Å²) < 4.78 is 6.31. The zero-order valence-electron chi connectivity index (χ0n) is 21.9. The van der Waals surface area contributed by atoms with Crippen LogP contribution in [0.1, 0.15) is 118 Å². The Balaban J connectivity index is 1.61. The van der Waals surface area contributed by atoms with Gasteiger partial charge in [0.1, 0.15) is 17.1 Å². The van der Waals surface area contributed by atoms with E-state index in [0.29, 0.717) is 5.75 Å². The molecule has 0 bridgehead atoms. The van der Waals surface area contributed by atoms with Gasteiger partial charge >= 0.3 is 0 Å². The number of aromatic hydroxyl groups is 1. The number of allylic oxidation sites excluding steroid dienone is 1. The largest absolute Gasteiger partial charge is 0.508 e. The minimum Gasteiger partial charge on any atom is -0.508 e. The van der Waals surface area contributed by atoms with Gasteiger partial charge < -0.3 is 9.84 Å². The molecular weight excluding hydrogens is 392 g/mol. The monoisotopic (exact) mass is 442 g/mol. The summed E-state index contributed by atoms with van der Waals surface area (Å²) in [5, 5.41) is 9.67. The molecule has 1 aliphatic rings. The van der Waals surface area contributed by atoms with Crippen molar-refractivity contribution in [1.82, 2.24) is 0 Å². The van der Waals surface area contributed by atoms with Gasteiger partial charge in [-0.05, 0) is 81.0 Å². The Kier molecular flexibility index (Phi) is 11.2. The lowest BCUT2D eigenvalue weighted by Gasteiger charge is -2.35. The molecule has 0 aliphatic carbocycles. The van der Waals surface area contributed by atoms with E-state index in [1.54, 1.807) is 6.07 Å². The van der Waals surface area contributed by atoms with Crippen molar-refractivity contribution < 1.29 is 9.84 Å². The van der Waals surface area contributed by atoms with Gasteiger partial charge in [-0.2, -0.15) is 0 Å². The Morgan fingerprint density at radius 1 is 1.00 bits per heavy atom. The molecule has 0 radical (unpaired) electrons. The molecule has 0 spiro atoms. The number of benzene rings is 1. The fourth-order valence-electron chi connectivity index (χ4n) is 4.92. The lowest BCUT2D eigenvalue weighted by molar-refractivity contribution is 0.0677. The normalized spacial score (nSPS) is 20.7. The lowest BCUT2D eigenvalue weighted by atomic mass is 9.88. The number of rotatable bonds is 14. The number of aryl methyl sites for hydroxylation is 1. The Morgan fingerprint density at radius 3 is 2.28 bits per heavy atom. The van der Waals surface area contributed by atoms with Gasteiger partial charge in [0.15, 0.2) is 0 Å². The molecule has 0 aromatic heterocycles. The van der Waals surface area contributed by atoms with Crippen LogP contribution < -0.4 is 4.74 Å². The van der Waals surface area contributed by atoms with Crippen LogP contribution in [-0.4, -0.2) is 10.7 Å². The molecule has 0 fully saturated rings. The van der Waals surface area contributed by atoms with Crippen LogP contribution in [0.25, 0.3) is 0 Å². The van der Waals surface area contributed by atoms with Gasteiger partial charge in [0.2, 0.25) is 0 Å². The molecule has 2 heteroatoms. The summed E-state index contributed by atoms with van der Waals surface area (Å²) in [7, 11) is 0. The lowest BCUT2D eigenvalue weighted by Crippen LogP contribution is -2.35. The first-order valence-electron chi connectivity index (χ1n) is 13.3. The van der Waals surface area contributed by atoms with Crippen LogP contribution in [0.4, 0.5) is 0 Å². The zero-order chi connectivity index (χ0) is 23.6. The predicted molar refractivity (Wildman–Crippen MR) is 139 cm³/mol. The molecule has 1 N–H and O–H groups in total. The Hall–Kier alpha value is -1.44. The number of ether oxygens (including phenoxy) is 1. The van der Waals surface area contributed by atoms with Gasteiger partial charge in [-0.25, -0.2) is 0 Å². The van der Waals surface area contributed by atoms with Crippen molar-refractivity contribution >= 4 is 0 Å². The quantitative estimate of drug-likeness (QED) is 0.291. The van der Waals surface area contributed by atoms with E-state index >= 15 is 0 Å². The van der Waals surface area contributed by atoms with Crippen molar-refractivity contribution in [2.24, 2.45) is 17.8 Å². The summed E-state index contributed by atoms with van der Waals surface area (Å²) in [4.78, 5) is 0. The second kappa shape index (κ2) is 13.3. The van der Waals surface area contributed by atoms with Crippen LogP contribution in [0, 0.1) is 17.8 Å². The summed E-state index contributed by atoms with van der Waals surface area (Å²) >= 11 is 0. The van der Waals surface area contributed by atoms with Crippen LogP contribution in [-0.2, 0) is 6.42 Å². The third-order valence-corrected chi connectivity index (χ3v) is 7.35. The summed E-state index contributed by atoms with van der Waals surface area (Å²) in [5.74, 6) is 3.86. The maximum absolute atomic E-state index is 9.67. The molecule has 0 saturated heterocycles. The molecule has 3 atom stereocenters. The smallest absolute Gasteiger partial charge is 0.123 e. The van der Waals surface area contributed by atoms with Gasteiger partial charge in [0.25, 0.3) is 0 Å². The van der Waals surface area contributed by atoms with Crippen molar-refractivity contribution in [1.29, 1.82) is 0 Å². The van der Waals surface area contributed by atoms with E-state index in [-0.39, 0.29) is 5.60 Å². The number of hydrogen-bond donors (Lipinski definition) is 1. The second-order valence-corrected chi connectivity index (χ2v) is 11.5. The standard InChI is InChI=1S/C30H50O2/c1-23(2)10-7-11-24(3)12-8-13-25(4)14-9-15-26(5)18-20-30(6)21-19-27-22-28(31)16-17-29(27)32-30/h16-18,22-25,31H,7-15,19-21H2,1-6H3. The number of phenolic OH excluding ortho intramolecular Hbond substituents is 1. The van der Waals surface area contributed by atoms with Gasteiger partial charge in [0, 0.05) is 6.42 Å². The van der Waals surface area contributed by atoms with Crippen molar-refractivity contribution in [2.45, 2.75) is 124 Å². The first kappa shape index (κ1) is 26.8. The molecule has 1 heterocycles. The molecule has 3 unspecified atom stereocenters. The Labute approximate surface area is 198 Å². The Morgan fingerprint density at radius 2 is 1.62 bits per heavy atom. The highest BCUT2D eigenvalue weighted by atomic mass is 16.5. The molecule has 2 nitrogen and oxygen atoms in total. The van der Waals surface area contributed by atoms with Crippen LogP contribution >= 0.6 is 0 Å². The zero-order valence-corrected chi connectivity index (χ0v) is 21.9. The third-order valence-electron chi connectivity index (χ3n) is 7.35. The number of phenols is 1. The molecule has 1 aromatic carbocycles. The van der Waals surface area contributed by atoms with Gasteiger partial charge in [-0.15, -0.1) is 0 Å².